The van der Waals surface area contributed by atoms with Gasteiger partial charge >= 0.3 is 0 Å². The van der Waals surface area contributed by atoms with Crippen LogP contribution in [-0.4, -0.2) is 10.2 Å². The van der Waals surface area contributed by atoms with Gasteiger partial charge in [-0.3, -0.25) is 0 Å². The van der Waals surface area contributed by atoms with Crippen molar-refractivity contribution in [1.82, 2.24) is 10.2 Å². The van der Waals surface area contributed by atoms with Gasteiger partial charge in [0.15, 0.2) is 0 Å². The van der Waals surface area contributed by atoms with E-state index in [1.165, 1.54) is 4.21 Å². The van der Waals surface area contributed by atoms with Gasteiger partial charge in [-0.05, 0) is 30.9 Å². The summed E-state index contributed by atoms with van der Waals surface area (Å²) < 4.78 is 1.22. The minimum atomic E-state index is 0.510. The standard InChI is InChI=1S/C11H13N3S2/c1-7-8(2)13-14-11(9(7)6-12)16-10-4-3-5-15-10/h3-5H,6,12H2,1-2H3. The van der Waals surface area contributed by atoms with Gasteiger partial charge in [-0.25, -0.2) is 0 Å². The van der Waals surface area contributed by atoms with Crippen LogP contribution >= 0.6 is 23.1 Å². The molecule has 3 nitrogen and oxygen atoms in total. The first-order valence-electron chi connectivity index (χ1n) is 4.96. The number of aromatic nitrogens is 2. The van der Waals surface area contributed by atoms with Gasteiger partial charge in [-0.2, -0.15) is 5.10 Å². The summed E-state index contributed by atoms with van der Waals surface area (Å²) in [7, 11) is 0. The van der Waals surface area contributed by atoms with E-state index in [4.69, 9.17) is 5.73 Å². The lowest BCUT2D eigenvalue weighted by atomic mass is 10.1. The molecular weight excluding hydrogens is 238 g/mol. The molecule has 0 saturated heterocycles. The van der Waals surface area contributed by atoms with Crippen molar-refractivity contribution in [3.63, 3.8) is 0 Å². The molecule has 16 heavy (non-hydrogen) atoms. The number of aryl methyl sites for hydroxylation is 1. The number of hydrogen-bond acceptors (Lipinski definition) is 5. The van der Waals surface area contributed by atoms with Gasteiger partial charge in [-0.1, -0.05) is 17.8 Å². The number of thiophene rings is 1. The Balaban J connectivity index is 2.37. The van der Waals surface area contributed by atoms with Gasteiger partial charge in [0.2, 0.25) is 0 Å². The molecule has 2 aromatic rings. The summed E-state index contributed by atoms with van der Waals surface area (Å²) in [5, 5.41) is 11.3. The van der Waals surface area contributed by atoms with E-state index in [1.807, 2.05) is 19.9 Å². The van der Waals surface area contributed by atoms with Crippen LogP contribution in [0.15, 0.2) is 26.7 Å². The molecule has 2 heterocycles. The molecule has 0 spiro atoms. The largest absolute Gasteiger partial charge is 0.326 e. The molecule has 0 saturated carbocycles. The summed E-state index contributed by atoms with van der Waals surface area (Å²) in [5.41, 5.74) is 8.98. The Morgan fingerprint density at radius 2 is 2.19 bits per heavy atom. The van der Waals surface area contributed by atoms with Crippen LogP contribution in [0.1, 0.15) is 16.8 Å². The SMILES string of the molecule is Cc1nnc(Sc2cccs2)c(CN)c1C. The number of rotatable bonds is 3. The predicted molar refractivity (Wildman–Crippen MR) is 67.8 cm³/mol. The summed E-state index contributed by atoms with van der Waals surface area (Å²) in [4.78, 5) is 0. The molecule has 0 atom stereocenters. The Labute approximate surface area is 103 Å². The Hall–Kier alpha value is -0.910. The van der Waals surface area contributed by atoms with Crippen molar-refractivity contribution in [2.24, 2.45) is 5.73 Å². The van der Waals surface area contributed by atoms with Gasteiger partial charge < -0.3 is 5.73 Å². The van der Waals surface area contributed by atoms with Gasteiger partial charge in [0.1, 0.15) is 5.03 Å². The smallest absolute Gasteiger partial charge is 0.129 e. The maximum Gasteiger partial charge on any atom is 0.129 e. The van der Waals surface area contributed by atoms with E-state index in [1.54, 1.807) is 23.1 Å². The molecule has 0 aliphatic heterocycles. The van der Waals surface area contributed by atoms with Crippen molar-refractivity contribution < 1.29 is 0 Å². The summed E-state index contributed by atoms with van der Waals surface area (Å²) >= 11 is 3.33. The van der Waals surface area contributed by atoms with Crippen LogP contribution in [0, 0.1) is 13.8 Å². The van der Waals surface area contributed by atoms with Crippen LogP contribution in [-0.2, 0) is 6.54 Å². The highest BCUT2D eigenvalue weighted by molar-refractivity contribution is 8.01. The maximum atomic E-state index is 5.77. The van der Waals surface area contributed by atoms with E-state index < -0.39 is 0 Å². The van der Waals surface area contributed by atoms with E-state index in [0.717, 1.165) is 21.8 Å². The highest BCUT2D eigenvalue weighted by atomic mass is 32.2. The van der Waals surface area contributed by atoms with E-state index in [9.17, 15) is 0 Å². The van der Waals surface area contributed by atoms with Gasteiger partial charge in [0.05, 0.1) is 9.90 Å². The van der Waals surface area contributed by atoms with Crippen LogP contribution in [0.4, 0.5) is 0 Å². The van der Waals surface area contributed by atoms with Crippen LogP contribution in [0.5, 0.6) is 0 Å². The molecule has 0 unspecified atom stereocenters. The second-order valence-corrected chi connectivity index (χ2v) is 5.67. The molecule has 0 bridgehead atoms. The lowest BCUT2D eigenvalue weighted by Gasteiger charge is -2.09. The van der Waals surface area contributed by atoms with Crippen molar-refractivity contribution >= 4 is 23.1 Å². The third kappa shape index (κ3) is 2.26. The third-order valence-electron chi connectivity index (χ3n) is 2.44. The third-order valence-corrected chi connectivity index (χ3v) is 4.50. The van der Waals surface area contributed by atoms with Crippen molar-refractivity contribution in [1.29, 1.82) is 0 Å². The molecule has 0 aliphatic carbocycles. The average molecular weight is 251 g/mol. The monoisotopic (exact) mass is 251 g/mol. The Bertz CT molecular complexity index is 480. The second-order valence-electron chi connectivity index (χ2n) is 3.43. The fourth-order valence-electron chi connectivity index (χ4n) is 1.37. The maximum absolute atomic E-state index is 5.77. The summed E-state index contributed by atoms with van der Waals surface area (Å²) in [6.45, 7) is 4.52. The van der Waals surface area contributed by atoms with E-state index in [2.05, 4.69) is 21.6 Å². The molecule has 0 aromatic carbocycles. The van der Waals surface area contributed by atoms with Gasteiger partial charge in [-0.15, -0.1) is 16.4 Å². The van der Waals surface area contributed by atoms with Crippen molar-refractivity contribution in [3.8, 4) is 0 Å². The number of nitrogens with two attached hydrogens (primary N) is 1. The molecule has 2 aromatic heterocycles. The molecule has 0 fully saturated rings. The van der Waals surface area contributed by atoms with Crippen molar-refractivity contribution in [2.45, 2.75) is 29.6 Å². The molecule has 84 valence electrons. The molecule has 2 N–H and O–H groups in total. The summed E-state index contributed by atoms with van der Waals surface area (Å²) in [6, 6.07) is 4.11. The summed E-state index contributed by atoms with van der Waals surface area (Å²) in [5.74, 6) is 0. The highest BCUT2D eigenvalue weighted by Crippen LogP contribution is 2.32. The average Bonchev–Trinajstić information content (AvgIpc) is 2.77. The van der Waals surface area contributed by atoms with Crippen LogP contribution in [0.3, 0.4) is 0 Å². The fraction of sp³-hybridized carbons (Fsp3) is 0.273. The zero-order valence-corrected chi connectivity index (χ0v) is 10.9. The molecule has 0 aliphatic rings. The Morgan fingerprint density at radius 1 is 1.38 bits per heavy atom. The normalized spacial score (nSPS) is 10.7. The van der Waals surface area contributed by atoms with Crippen molar-refractivity contribution in [3.05, 3.63) is 34.3 Å². The highest BCUT2D eigenvalue weighted by Gasteiger charge is 2.11. The minimum absolute atomic E-state index is 0.510. The first kappa shape index (κ1) is 11.6. The second kappa shape index (κ2) is 4.95. The van der Waals surface area contributed by atoms with E-state index in [-0.39, 0.29) is 0 Å². The lowest BCUT2D eigenvalue weighted by molar-refractivity contribution is 0.825. The zero-order chi connectivity index (χ0) is 11.5. The van der Waals surface area contributed by atoms with E-state index in [0.29, 0.717) is 6.54 Å². The van der Waals surface area contributed by atoms with Crippen LogP contribution < -0.4 is 5.73 Å². The minimum Gasteiger partial charge on any atom is -0.326 e. The quantitative estimate of drug-likeness (QED) is 0.911. The Morgan fingerprint density at radius 3 is 2.81 bits per heavy atom. The predicted octanol–water partition coefficient (Wildman–Crippen LogP) is 2.76. The number of hydrogen-bond donors (Lipinski definition) is 1. The van der Waals surface area contributed by atoms with Crippen LogP contribution in [0.2, 0.25) is 0 Å². The fourth-order valence-corrected chi connectivity index (χ4v) is 3.20. The van der Waals surface area contributed by atoms with Crippen LogP contribution in [0.25, 0.3) is 0 Å². The molecular formula is C11H13N3S2. The lowest BCUT2D eigenvalue weighted by Crippen LogP contribution is -2.06. The Kier molecular flexibility index (Phi) is 3.58. The van der Waals surface area contributed by atoms with Crippen molar-refractivity contribution in [2.75, 3.05) is 0 Å². The topological polar surface area (TPSA) is 51.8 Å². The van der Waals surface area contributed by atoms with Gasteiger partial charge in [0.25, 0.3) is 0 Å². The zero-order valence-electron chi connectivity index (χ0n) is 9.23. The van der Waals surface area contributed by atoms with Gasteiger partial charge in [0, 0.05) is 12.1 Å². The number of nitrogens with zero attached hydrogens (tertiary/aromatic N) is 2. The first-order chi connectivity index (χ1) is 7.72. The molecule has 5 heteroatoms. The molecule has 0 radical (unpaired) electrons. The summed E-state index contributed by atoms with van der Waals surface area (Å²) in [6.07, 6.45) is 0. The molecule has 0 amide bonds. The molecule has 2 rings (SSSR count). The first-order valence-corrected chi connectivity index (χ1v) is 6.66. The van der Waals surface area contributed by atoms with E-state index >= 15 is 0 Å².